The Morgan fingerprint density at radius 1 is 1.22 bits per heavy atom. The van der Waals surface area contributed by atoms with Crippen molar-refractivity contribution in [1.29, 1.82) is 0 Å². The van der Waals surface area contributed by atoms with E-state index in [0.29, 0.717) is 11.1 Å². The zero-order chi connectivity index (χ0) is 17.0. The number of aromatic hydroxyl groups is 2. The number of hydrogen-bond donors (Lipinski definition) is 3. The summed E-state index contributed by atoms with van der Waals surface area (Å²) in [6.45, 7) is 0.102. The van der Waals surface area contributed by atoms with E-state index in [0.717, 1.165) is 0 Å². The summed E-state index contributed by atoms with van der Waals surface area (Å²) in [6.07, 6.45) is 0. The summed E-state index contributed by atoms with van der Waals surface area (Å²) < 4.78 is 13.4. The van der Waals surface area contributed by atoms with Crippen LogP contribution in [0, 0.1) is 5.82 Å². The summed E-state index contributed by atoms with van der Waals surface area (Å²) in [6, 6.07) is 9.40. The maximum absolute atomic E-state index is 13.4. The zero-order valence-corrected chi connectivity index (χ0v) is 13.0. The molecule has 0 aliphatic rings. The number of hydrogen-bond acceptors (Lipinski definition) is 4. The number of benzene rings is 2. The third-order valence-electron chi connectivity index (χ3n) is 3.45. The van der Waals surface area contributed by atoms with Gasteiger partial charge in [0.25, 0.3) is 0 Å². The Labute approximate surface area is 134 Å². The first-order valence-electron chi connectivity index (χ1n) is 7.09. The van der Waals surface area contributed by atoms with Crippen molar-refractivity contribution in [2.24, 2.45) is 0 Å². The Morgan fingerprint density at radius 3 is 2.57 bits per heavy atom. The van der Waals surface area contributed by atoms with Gasteiger partial charge < -0.3 is 15.5 Å². The molecule has 6 heteroatoms. The van der Waals surface area contributed by atoms with Gasteiger partial charge in [0.1, 0.15) is 23.4 Å². The van der Waals surface area contributed by atoms with Crippen LogP contribution in [0.1, 0.15) is 17.2 Å². The highest BCUT2D eigenvalue weighted by atomic mass is 19.1. The van der Waals surface area contributed by atoms with Gasteiger partial charge in [-0.25, -0.2) is 4.39 Å². The number of nitrogens with one attached hydrogen (secondary N) is 1. The number of amides is 1. The van der Waals surface area contributed by atoms with Crippen LogP contribution in [0.3, 0.4) is 0 Å². The molecule has 0 saturated carbocycles. The average Bonchev–Trinajstić information content (AvgIpc) is 2.46. The van der Waals surface area contributed by atoms with Crippen LogP contribution in [0.15, 0.2) is 42.5 Å². The Bertz CT molecular complexity index is 704. The average molecular weight is 318 g/mol. The summed E-state index contributed by atoms with van der Waals surface area (Å²) in [5.41, 5.74) is 1.02. The predicted octanol–water partition coefficient (Wildman–Crippen LogP) is 2.16. The lowest BCUT2D eigenvalue weighted by atomic mass is 10.0. The van der Waals surface area contributed by atoms with E-state index in [2.05, 4.69) is 5.32 Å². The number of likely N-dealkylation sites (N-methyl/N-ethyl adjacent to an activating group) is 1. The minimum Gasteiger partial charge on any atom is -0.508 e. The zero-order valence-electron chi connectivity index (χ0n) is 13.0. The molecule has 0 fully saturated rings. The largest absolute Gasteiger partial charge is 0.508 e. The number of phenolic OH excluding ortho intramolecular Hbond substituents is 2. The SMILES string of the molecule is CN(C)[C@@H](C(=O)NCc1ccc(O)cc1O)c1cccc(F)c1. The van der Waals surface area contributed by atoms with E-state index >= 15 is 0 Å². The fourth-order valence-electron chi connectivity index (χ4n) is 2.34. The molecule has 0 spiro atoms. The lowest BCUT2D eigenvalue weighted by molar-refractivity contribution is -0.125. The van der Waals surface area contributed by atoms with Crippen molar-refractivity contribution >= 4 is 5.91 Å². The van der Waals surface area contributed by atoms with Crippen LogP contribution in [-0.4, -0.2) is 35.1 Å². The molecule has 2 aromatic carbocycles. The molecule has 23 heavy (non-hydrogen) atoms. The Morgan fingerprint density at radius 2 is 1.96 bits per heavy atom. The minimum absolute atomic E-state index is 0.0523. The van der Waals surface area contributed by atoms with Gasteiger partial charge in [0.2, 0.25) is 5.91 Å². The van der Waals surface area contributed by atoms with Gasteiger partial charge in [0.05, 0.1) is 0 Å². The van der Waals surface area contributed by atoms with Crippen LogP contribution >= 0.6 is 0 Å². The minimum atomic E-state index is -0.648. The molecule has 3 N–H and O–H groups in total. The number of carbonyl (C=O) groups excluding carboxylic acids is 1. The fourth-order valence-corrected chi connectivity index (χ4v) is 2.34. The van der Waals surface area contributed by atoms with E-state index in [-0.39, 0.29) is 24.0 Å². The van der Waals surface area contributed by atoms with Gasteiger partial charge in [-0.2, -0.15) is 0 Å². The molecule has 0 unspecified atom stereocenters. The number of nitrogens with zero attached hydrogens (tertiary/aromatic N) is 1. The molecule has 0 radical (unpaired) electrons. The molecule has 0 aromatic heterocycles. The molecule has 0 saturated heterocycles. The highest BCUT2D eigenvalue weighted by Crippen LogP contribution is 2.23. The topological polar surface area (TPSA) is 72.8 Å². The summed E-state index contributed by atoms with van der Waals surface area (Å²) in [7, 11) is 3.46. The fraction of sp³-hybridized carbons (Fsp3) is 0.235. The lowest BCUT2D eigenvalue weighted by Crippen LogP contribution is -2.36. The lowest BCUT2D eigenvalue weighted by Gasteiger charge is -2.24. The standard InChI is InChI=1S/C17H19FN2O3/c1-20(2)16(11-4-3-5-13(18)8-11)17(23)19-10-12-6-7-14(21)9-15(12)22/h3-9,16,21-22H,10H2,1-2H3,(H,19,23)/t16-/m1/s1. The van der Waals surface area contributed by atoms with E-state index in [1.165, 1.54) is 30.3 Å². The van der Waals surface area contributed by atoms with Gasteiger partial charge in [-0.1, -0.05) is 12.1 Å². The molecule has 1 atom stereocenters. The molecule has 1 amide bonds. The van der Waals surface area contributed by atoms with Gasteiger partial charge in [-0.05, 0) is 43.9 Å². The first-order valence-corrected chi connectivity index (χ1v) is 7.09. The highest BCUT2D eigenvalue weighted by molar-refractivity contribution is 5.83. The quantitative estimate of drug-likeness (QED) is 0.790. The molecule has 0 bridgehead atoms. The molecule has 5 nitrogen and oxygen atoms in total. The van der Waals surface area contributed by atoms with Crippen LogP contribution in [-0.2, 0) is 11.3 Å². The molecule has 122 valence electrons. The van der Waals surface area contributed by atoms with Crippen LogP contribution < -0.4 is 5.32 Å². The number of rotatable bonds is 5. The van der Waals surface area contributed by atoms with Crippen molar-refractivity contribution in [2.75, 3.05) is 14.1 Å². The van der Waals surface area contributed by atoms with Gasteiger partial charge in [-0.15, -0.1) is 0 Å². The number of halogens is 1. The van der Waals surface area contributed by atoms with E-state index in [4.69, 9.17) is 0 Å². The Hall–Kier alpha value is -2.60. The van der Waals surface area contributed by atoms with Crippen LogP contribution in [0.5, 0.6) is 11.5 Å². The molecule has 0 aliphatic heterocycles. The Balaban J connectivity index is 2.13. The molecule has 0 aliphatic carbocycles. The summed E-state index contributed by atoms with van der Waals surface area (Å²) >= 11 is 0. The van der Waals surface area contributed by atoms with Gasteiger partial charge in [-0.3, -0.25) is 9.69 Å². The third kappa shape index (κ3) is 4.20. The predicted molar refractivity (Wildman–Crippen MR) is 84.4 cm³/mol. The first-order chi connectivity index (χ1) is 10.9. The Kier molecular flexibility index (Phi) is 5.18. The highest BCUT2D eigenvalue weighted by Gasteiger charge is 2.23. The molecular weight excluding hydrogens is 299 g/mol. The van der Waals surface area contributed by atoms with E-state index in [1.54, 1.807) is 31.1 Å². The second-order valence-corrected chi connectivity index (χ2v) is 5.45. The maximum atomic E-state index is 13.4. The molecular formula is C17H19FN2O3. The van der Waals surface area contributed by atoms with Crippen molar-refractivity contribution in [2.45, 2.75) is 12.6 Å². The third-order valence-corrected chi connectivity index (χ3v) is 3.45. The second kappa shape index (κ2) is 7.11. The van der Waals surface area contributed by atoms with Crippen molar-refractivity contribution in [3.8, 4) is 11.5 Å². The number of carbonyl (C=O) groups is 1. The summed E-state index contributed by atoms with van der Waals surface area (Å²) in [5, 5.41) is 21.7. The van der Waals surface area contributed by atoms with E-state index < -0.39 is 11.9 Å². The van der Waals surface area contributed by atoms with E-state index in [1.807, 2.05) is 0 Å². The molecule has 2 aromatic rings. The normalized spacial score (nSPS) is 12.2. The number of phenols is 2. The molecule has 2 rings (SSSR count). The monoisotopic (exact) mass is 318 g/mol. The van der Waals surface area contributed by atoms with Crippen LogP contribution in [0.4, 0.5) is 4.39 Å². The maximum Gasteiger partial charge on any atom is 0.242 e. The van der Waals surface area contributed by atoms with Crippen LogP contribution in [0.25, 0.3) is 0 Å². The van der Waals surface area contributed by atoms with E-state index in [9.17, 15) is 19.4 Å². The second-order valence-electron chi connectivity index (χ2n) is 5.45. The van der Waals surface area contributed by atoms with Crippen LogP contribution in [0.2, 0.25) is 0 Å². The smallest absolute Gasteiger partial charge is 0.242 e. The van der Waals surface area contributed by atoms with Crippen molar-refractivity contribution in [1.82, 2.24) is 10.2 Å². The van der Waals surface area contributed by atoms with Crippen molar-refractivity contribution in [3.63, 3.8) is 0 Å². The van der Waals surface area contributed by atoms with Crippen molar-refractivity contribution < 1.29 is 19.4 Å². The van der Waals surface area contributed by atoms with Crippen molar-refractivity contribution in [3.05, 3.63) is 59.4 Å². The first kappa shape index (κ1) is 16.8. The van der Waals surface area contributed by atoms with Gasteiger partial charge >= 0.3 is 0 Å². The molecule has 0 heterocycles. The van der Waals surface area contributed by atoms with Gasteiger partial charge in [0.15, 0.2) is 0 Å². The van der Waals surface area contributed by atoms with Gasteiger partial charge in [0, 0.05) is 18.2 Å². The summed E-state index contributed by atoms with van der Waals surface area (Å²) in [5.74, 6) is -0.868. The summed E-state index contributed by atoms with van der Waals surface area (Å²) in [4.78, 5) is 14.1.